The molecule has 1 saturated heterocycles. The third-order valence-electron chi connectivity index (χ3n) is 4.12. The lowest BCUT2D eigenvalue weighted by atomic mass is 10.1. The molecule has 3 rings (SSSR count). The van der Waals surface area contributed by atoms with Crippen LogP contribution in [0.15, 0.2) is 47.1 Å². The van der Waals surface area contributed by atoms with Gasteiger partial charge in [0.2, 0.25) is 0 Å². The van der Waals surface area contributed by atoms with E-state index in [1.807, 2.05) is 13.0 Å². The third kappa shape index (κ3) is 4.29. The Morgan fingerprint density at radius 1 is 1.21 bits per heavy atom. The van der Waals surface area contributed by atoms with Gasteiger partial charge in [-0.15, -0.1) is 0 Å². The highest BCUT2D eigenvalue weighted by molar-refractivity contribution is 5.74. The molecular weight excluding hydrogens is 306 g/mol. The maximum absolute atomic E-state index is 12.0. The highest BCUT2D eigenvalue weighted by Crippen LogP contribution is 2.20. The first kappa shape index (κ1) is 16.4. The number of nitrogens with one attached hydrogen (secondary N) is 2. The van der Waals surface area contributed by atoms with Crippen LogP contribution in [-0.2, 0) is 11.3 Å². The van der Waals surface area contributed by atoms with Crippen molar-refractivity contribution < 1.29 is 13.9 Å². The Hall–Kier alpha value is -2.47. The predicted octanol–water partition coefficient (Wildman–Crippen LogP) is 2.68. The van der Waals surface area contributed by atoms with Gasteiger partial charge in [0, 0.05) is 18.8 Å². The van der Waals surface area contributed by atoms with Gasteiger partial charge in [-0.1, -0.05) is 12.1 Å². The number of carbonyl (C=O) groups excluding carboxylic acids is 1. The fraction of sp³-hybridized carbons (Fsp3) is 0.389. The van der Waals surface area contributed by atoms with E-state index in [2.05, 4.69) is 39.8 Å². The Labute approximate surface area is 141 Å². The molecule has 0 aliphatic carbocycles. The summed E-state index contributed by atoms with van der Waals surface area (Å²) in [5.74, 6) is 0.729. The predicted molar refractivity (Wildman–Crippen MR) is 92.0 cm³/mol. The number of morpholine rings is 1. The summed E-state index contributed by atoms with van der Waals surface area (Å²) < 4.78 is 10.6. The highest BCUT2D eigenvalue weighted by atomic mass is 16.5. The van der Waals surface area contributed by atoms with Crippen LogP contribution in [-0.4, -0.2) is 32.3 Å². The Morgan fingerprint density at radius 3 is 2.62 bits per heavy atom. The lowest BCUT2D eigenvalue weighted by Crippen LogP contribution is -2.37. The first-order valence-corrected chi connectivity index (χ1v) is 8.22. The molecule has 1 aromatic heterocycles. The van der Waals surface area contributed by atoms with Crippen molar-refractivity contribution in [1.82, 2.24) is 10.6 Å². The minimum absolute atomic E-state index is 0.0691. The zero-order valence-electron chi connectivity index (χ0n) is 13.8. The molecule has 0 saturated carbocycles. The van der Waals surface area contributed by atoms with Crippen LogP contribution in [0.1, 0.15) is 24.3 Å². The molecular formula is C18H23N3O3. The van der Waals surface area contributed by atoms with Crippen LogP contribution in [0.5, 0.6) is 0 Å². The van der Waals surface area contributed by atoms with Crippen molar-refractivity contribution in [3.63, 3.8) is 0 Å². The third-order valence-corrected chi connectivity index (χ3v) is 4.12. The number of hydrogen-bond donors (Lipinski definition) is 2. The summed E-state index contributed by atoms with van der Waals surface area (Å²) in [6.07, 6.45) is 1.59. The topological polar surface area (TPSA) is 66.7 Å². The van der Waals surface area contributed by atoms with E-state index >= 15 is 0 Å². The quantitative estimate of drug-likeness (QED) is 0.885. The second-order valence-corrected chi connectivity index (χ2v) is 5.82. The number of amides is 2. The fourth-order valence-electron chi connectivity index (χ4n) is 2.71. The fourth-order valence-corrected chi connectivity index (χ4v) is 2.71. The largest absolute Gasteiger partial charge is 0.467 e. The van der Waals surface area contributed by atoms with Crippen LogP contribution >= 0.6 is 0 Å². The number of furan rings is 1. The molecule has 24 heavy (non-hydrogen) atoms. The first-order chi connectivity index (χ1) is 11.7. The zero-order valence-corrected chi connectivity index (χ0v) is 13.8. The molecule has 2 aromatic rings. The standard InChI is InChI=1S/C18H23N3O3/c1-14(20-18(22)19-13-17-3-2-10-24-17)15-4-6-16(7-5-15)21-8-11-23-12-9-21/h2-7,10,14H,8-9,11-13H2,1H3,(H2,19,20,22)/t14-/m0/s1. The number of nitrogens with zero attached hydrogens (tertiary/aromatic N) is 1. The SMILES string of the molecule is C[C@H](NC(=O)NCc1ccco1)c1ccc(N2CCOCC2)cc1. The van der Waals surface area contributed by atoms with Gasteiger partial charge in [-0.05, 0) is 36.8 Å². The molecule has 128 valence electrons. The van der Waals surface area contributed by atoms with Crippen molar-refractivity contribution >= 4 is 11.7 Å². The van der Waals surface area contributed by atoms with E-state index in [0.717, 1.165) is 37.6 Å². The van der Waals surface area contributed by atoms with Crippen LogP contribution in [0.2, 0.25) is 0 Å². The first-order valence-electron chi connectivity index (χ1n) is 8.22. The van der Waals surface area contributed by atoms with E-state index < -0.39 is 0 Å². The summed E-state index contributed by atoms with van der Waals surface area (Å²) in [4.78, 5) is 14.3. The zero-order chi connectivity index (χ0) is 16.8. The van der Waals surface area contributed by atoms with Crippen molar-refractivity contribution in [2.24, 2.45) is 0 Å². The van der Waals surface area contributed by atoms with E-state index in [1.165, 1.54) is 5.69 Å². The minimum Gasteiger partial charge on any atom is -0.467 e. The number of rotatable bonds is 5. The van der Waals surface area contributed by atoms with E-state index in [4.69, 9.17) is 9.15 Å². The van der Waals surface area contributed by atoms with Crippen LogP contribution in [0.3, 0.4) is 0 Å². The molecule has 1 aliphatic rings. The van der Waals surface area contributed by atoms with E-state index in [-0.39, 0.29) is 12.1 Å². The molecule has 0 radical (unpaired) electrons. The van der Waals surface area contributed by atoms with Gasteiger partial charge in [-0.3, -0.25) is 0 Å². The molecule has 6 heteroatoms. The number of hydrogen-bond acceptors (Lipinski definition) is 4. The van der Waals surface area contributed by atoms with E-state index in [9.17, 15) is 4.79 Å². The lowest BCUT2D eigenvalue weighted by Gasteiger charge is -2.29. The van der Waals surface area contributed by atoms with Gasteiger partial charge < -0.3 is 24.7 Å². The van der Waals surface area contributed by atoms with Crippen LogP contribution in [0.25, 0.3) is 0 Å². The molecule has 6 nitrogen and oxygen atoms in total. The molecule has 2 heterocycles. The number of urea groups is 1. The Morgan fingerprint density at radius 2 is 1.96 bits per heavy atom. The second-order valence-electron chi connectivity index (χ2n) is 5.82. The number of anilines is 1. The molecule has 2 amide bonds. The maximum atomic E-state index is 12.0. The van der Waals surface area contributed by atoms with Gasteiger partial charge >= 0.3 is 6.03 Å². The van der Waals surface area contributed by atoms with Crippen molar-refractivity contribution in [3.05, 3.63) is 54.0 Å². The minimum atomic E-state index is -0.212. The van der Waals surface area contributed by atoms with Gasteiger partial charge in [0.25, 0.3) is 0 Å². The maximum Gasteiger partial charge on any atom is 0.315 e. The second kappa shape index (κ2) is 7.88. The average Bonchev–Trinajstić information content (AvgIpc) is 3.14. The Balaban J connectivity index is 1.50. The van der Waals surface area contributed by atoms with E-state index in [1.54, 1.807) is 12.3 Å². The number of ether oxygens (including phenoxy) is 1. The molecule has 0 bridgehead atoms. The molecule has 0 spiro atoms. The summed E-state index contributed by atoms with van der Waals surface area (Å²) in [5.41, 5.74) is 2.26. The molecule has 1 atom stereocenters. The van der Waals surface area contributed by atoms with Crippen molar-refractivity contribution in [1.29, 1.82) is 0 Å². The van der Waals surface area contributed by atoms with Gasteiger partial charge in [0.15, 0.2) is 0 Å². The van der Waals surface area contributed by atoms with Gasteiger partial charge in [-0.25, -0.2) is 4.79 Å². The summed E-state index contributed by atoms with van der Waals surface area (Å²) in [6, 6.07) is 11.7. The molecule has 1 fully saturated rings. The number of benzene rings is 1. The van der Waals surface area contributed by atoms with Crippen molar-refractivity contribution in [2.75, 3.05) is 31.2 Å². The lowest BCUT2D eigenvalue weighted by molar-refractivity contribution is 0.122. The van der Waals surface area contributed by atoms with Gasteiger partial charge in [-0.2, -0.15) is 0 Å². The normalized spacial score (nSPS) is 15.8. The molecule has 2 N–H and O–H groups in total. The van der Waals surface area contributed by atoms with Crippen LogP contribution in [0, 0.1) is 0 Å². The smallest absolute Gasteiger partial charge is 0.315 e. The van der Waals surface area contributed by atoms with Crippen LogP contribution < -0.4 is 15.5 Å². The Kier molecular flexibility index (Phi) is 5.38. The summed E-state index contributed by atoms with van der Waals surface area (Å²) in [6.45, 7) is 5.73. The Bertz CT molecular complexity index is 634. The highest BCUT2D eigenvalue weighted by Gasteiger charge is 2.13. The summed E-state index contributed by atoms with van der Waals surface area (Å²) in [7, 11) is 0. The van der Waals surface area contributed by atoms with E-state index in [0.29, 0.717) is 6.54 Å². The number of carbonyl (C=O) groups is 1. The van der Waals surface area contributed by atoms with Gasteiger partial charge in [0.1, 0.15) is 5.76 Å². The summed E-state index contributed by atoms with van der Waals surface area (Å²) in [5, 5.41) is 5.72. The molecule has 0 unspecified atom stereocenters. The average molecular weight is 329 g/mol. The molecule has 1 aliphatic heterocycles. The van der Waals surface area contributed by atoms with Crippen molar-refractivity contribution in [2.45, 2.75) is 19.5 Å². The summed E-state index contributed by atoms with van der Waals surface area (Å²) >= 11 is 0. The molecule has 1 aromatic carbocycles. The van der Waals surface area contributed by atoms with Crippen LogP contribution in [0.4, 0.5) is 10.5 Å². The monoisotopic (exact) mass is 329 g/mol. The van der Waals surface area contributed by atoms with Gasteiger partial charge in [0.05, 0.1) is 32.1 Å². The van der Waals surface area contributed by atoms with Crippen molar-refractivity contribution in [3.8, 4) is 0 Å².